The van der Waals surface area contributed by atoms with Crippen LogP contribution in [0.25, 0.3) is 0 Å². The van der Waals surface area contributed by atoms with E-state index in [-0.39, 0.29) is 6.04 Å². The van der Waals surface area contributed by atoms with Gasteiger partial charge in [-0.05, 0) is 30.9 Å². The summed E-state index contributed by atoms with van der Waals surface area (Å²) in [6.07, 6.45) is 3.92. The normalized spacial score (nSPS) is 12.7. The Morgan fingerprint density at radius 1 is 1.11 bits per heavy atom. The summed E-state index contributed by atoms with van der Waals surface area (Å²) in [5.41, 5.74) is 3.76. The molecule has 0 saturated carbocycles. The Morgan fingerprint density at radius 2 is 1.74 bits per heavy atom. The van der Waals surface area contributed by atoms with Crippen LogP contribution in [0.4, 0.5) is 5.69 Å². The van der Waals surface area contributed by atoms with Gasteiger partial charge in [-0.3, -0.25) is 4.68 Å². The fourth-order valence-corrected chi connectivity index (χ4v) is 2.11. The molecule has 2 rings (SSSR count). The zero-order chi connectivity index (χ0) is 13.8. The zero-order valence-corrected chi connectivity index (χ0v) is 12.2. The molecule has 1 aromatic heterocycles. The number of hydrogen-bond acceptors (Lipinski definition) is 2. The van der Waals surface area contributed by atoms with E-state index in [0.717, 1.165) is 12.2 Å². The van der Waals surface area contributed by atoms with E-state index in [1.165, 1.54) is 11.1 Å². The number of rotatable bonds is 5. The van der Waals surface area contributed by atoms with Crippen LogP contribution in [0, 0.1) is 0 Å². The highest BCUT2D eigenvalue weighted by Crippen LogP contribution is 2.21. The molecule has 2 aromatic rings. The maximum atomic E-state index is 4.27. The van der Waals surface area contributed by atoms with E-state index in [4.69, 9.17) is 0 Å². The van der Waals surface area contributed by atoms with Crippen LogP contribution in [0.15, 0.2) is 36.7 Å². The number of nitrogens with one attached hydrogen (secondary N) is 1. The maximum Gasteiger partial charge on any atom is 0.0731 e. The van der Waals surface area contributed by atoms with E-state index in [9.17, 15) is 0 Å². The molecule has 3 heteroatoms. The number of benzene rings is 1. The average Bonchev–Trinajstić information content (AvgIpc) is 2.86. The maximum absolute atomic E-state index is 4.27. The summed E-state index contributed by atoms with van der Waals surface area (Å²) in [6, 6.07) is 9.13. The zero-order valence-electron chi connectivity index (χ0n) is 12.2. The van der Waals surface area contributed by atoms with Crippen molar-refractivity contribution in [2.45, 2.75) is 46.2 Å². The topological polar surface area (TPSA) is 29.9 Å². The molecule has 0 radical (unpaired) electrons. The van der Waals surface area contributed by atoms with Gasteiger partial charge in [-0.15, -0.1) is 0 Å². The molecule has 1 atom stereocenters. The Labute approximate surface area is 115 Å². The summed E-state index contributed by atoms with van der Waals surface area (Å²) < 4.78 is 1.93. The first-order valence-electron chi connectivity index (χ1n) is 6.99. The third-order valence-corrected chi connectivity index (χ3v) is 3.44. The Hall–Kier alpha value is -1.77. The molecule has 0 aliphatic heterocycles. The second-order valence-electron chi connectivity index (χ2n) is 5.27. The molecule has 0 aliphatic rings. The molecule has 3 nitrogen and oxygen atoms in total. The summed E-state index contributed by atoms with van der Waals surface area (Å²) in [6.45, 7) is 9.60. The monoisotopic (exact) mass is 257 g/mol. The van der Waals surface area contributed by atoms with Crippen molar-refractivity contribution < 1.29 is 0 Å². The van der Waals surface area contributed by atoms with E-state index in [2.05, 4.69) is 62.4 Å². The van der Waals surface area contributed by atoms with Crippen LogP contribution in [-0.2, 0) is 6.54 Å². The van der Waals surface area contributed by atoms with Crippen LogP contribution in [0.3, 0.4) is 0 Å². The van der Waals surface area contributed by atoms with Crippen LogP contribution < -0.4 is 5.32 Å². The van der Waals surface area contributed by atoms with E-state index < -0.39 is 0 Å². The molecule has 0 spiro atoms. The van der Waals surface area contributed by atoms with E-state index in [0.29, 0.717) is 5.92 Å². The lowest BCUT2D eigenvalue weighted by Crippen LogP contribution is -2.06. The highest BCUT2D eigenvalue weighted by atomic mass is 15.3. The number of aryl methyl sites for hydroxylation is 1. The predicted molar refractivity (Wildman–Crippen MR) is 80.5 cm³/mol. The van der Waals surface area contributed by atoms with Gasteiger partial charge in [-0.2, -0.15) is 5.10 Å². The lowest BCUT2D eigenvalue weighted by molar-refractivity contribution is 0.660. The minimum atomic E-state index is 0.288. The molecular weight excluding hydrogens is 234 g/mol. The fraction of sp³-hybridized carbons (Fsp3) is 0.438. The number of anilines is 1. The predicted octanol–water partition coefficient (Wildman–Crippen LogP) is 4.20. The van der Waals surface area contributed by atoms with E-state index >= 15 is 0 Å². The van der Waals surface area contributed by atoms with Crippen LogP contribution in [0.5, 0.6) is 0 Å². The number of hydrogen-bond donors (Lipinski definition) is 1. The molecule has 102 valence electrons. The third kappa shape index (κ3) is 3.37. The van der Waals surface area contributed by atoms with Crippen molar-refractivity contribution in [3.05, 3.63) is 47.8 Å². The minimum Gasteiger partial charge on any atom is -0.376 e. The standard InChI is InChI=1S/C16H23N3/c1-5-19-11-16(10-17-19)18-13(4)15-8-6-14(7-9-15)12(2)3/h6-13,18H,5H2,1-4H3. The summed E-state index contributed by atoms with van der Waals surface area (Å²) in [5, 5.41) is 7.75. The lowest BCUT2D eigenvalue weighted by Gasteiger charge is -2.15. The van der Waals surface area contributed by atoms with Gasteiger partial charge >= 0.3 is 0 Å². The van der Waals surface area contributed by atoms with Crippen molar-refractivity contribution >= 4 is 5.69 Å². The van der Waals surface area contributed by atoms with Crippen LogP contribution in [0.2, 0.25) is 0 Å². The summed E-state index contributed by atoms with van der Waals surface area (Å²) in [4.78, 5) is 0. The number of aromatic nitrogens is 2. The molecule has 19 heavy (non-hydrogen) atoms. The molecule has 1 N–H and O–H groups in total. The molecule has 1 unspecified atom stereocenters. The largest absolute Gasteiger partial charge is 0.376 e. The Balaban J connectivity index is 2.04. The minimum absolute atomic E-state index is 0.288. The van der Waals surface area contributed by atoms with Crippen molar-refractivity contribution in [3.8, 4) is 0 Å². The van der Waals surface area contributed by atoms with Crippen LogP contribution in [0.1, 0.15) is 50.8 Å². The van der Waals surface area contributed by atoms with Gasteiger partial charge in [-0.1, -0.05) is 38.1 Å². The van der Waals surface area contributed by atoms with Crippen LogP contribution >= 0.6 is 0 Å². The first-order chi connectivity index (χ1) is 9.10. The second-order valence-corrected chi connectivity index (χ2v) is 5.27. The molecule has 0 aliphatic carbocycles. The summed E-state index contributed by atoms with van der Waals surface area (Å²) in [5.74, 6) is 0.583. The lowest BCUT2D eigenvalue weighted by atomic mass is 9.99. The van der Waals surface area contributed by atoms with Crippen LogP contribution in [-0.4, -0.2) is 9.78 Å². The molecule has 1 heterocycles. The Morgan fingerprint density at radius 3 is 2.26 bits per heavy atom. The number of nitrogens with zero attached hydrogens (tertiary/aromatic N) is 2. The highest BCUT2D eigenvalue weighted by Gasteiger charge is 2.07. The Bertz CT molecular complexity index is 511. The quantitative estimate of drug-likeness (QED) is 0.870. The molecular formula is C16H23N3. The van der Waals surface area contributed by atoms with Gasteiger partial charge in [0.05, 0.1) is 11.9 Å². The van der Waals surface area contributed by atoms with Crippen molar-refractivity contribution in [2.75, 3.05) is 5.32 Å². The van der Waals surface area contributed by atoms with Gasteiger partial charge in [0.15, 0.2) is 0 Å². The third-order valence-electron chi connectivity index (χ3n) is 3.44. The van der Waals surface area contributed by atoms with Crippen molar-refractivity contribution in [1.82, 2.24) is 9.78 Å². The van der Waals surface area contributed by atoms with Gasteiger partial charge in [0.2, 0.25) is 0 Å². The molecule has 0 amide bonds. The first kappa shape index (κ1) is 13.7. The van der Waals surface area contributed by atoms with E-state index in [1.54, 1.807) is 0 Å². The first-order valence-corrected chi connectivity index (χ1v) is 6.99. The van der Waals surface area contributed by atoms with Crippen molar-refractivity contribution in [1.29, 1.82) is 0 Å². The average molecular weight is 257 g/mol. The van der Waals surface area contributed by atoms with Gasteiger partial charge in [0.25, 0.3) is 0 Å². The van der Waals surface area contributed by atoms with E-state index in [1.807, 2.05) is 17.1 Å². The van der Waals surface area contributed by atoms with Gasteiger partial charge in [0.1, 0.15) is 0 Å². The van der Waals surface area contributed by atoms with Gasteiger partial charge in [-0.25, -0.2) is 0 Å². The second kappa shape index (κ2) is 5.91. The van der Waals surface area contributed by atoms with Gasteiger partial charge < -0.3 is 5.32 Å². The SMILES string of the molecule is CCn1cc(NC(C)c2ccc(C(C)C)cc2)cn1. The molecule has 1 aromatic carbocycles. The smallest absolute Gasteiger partial charge is 0.0731 e. The molecule has 0 fully saturated rings. The summed E-state index contributed by atoms with van der Waals surface area (Å²) >= 11 is 0. The Kier molecular flexibility index (Phi) is 4.25. The molecule has 0 bridgehead atoms. The van der Waals surface area contributed by atoms with Crippen molar-refractivity contribution in [2.24, 2.45) is 0 Å². The summed E-state index contributed by atoms with van der Waals surface area (Å²) in [7, 11) is 0. The van der Waals surface area contributed by atoms with Crippen molar-refractivity contribution in [3.63, 3.8) is 0 Å². The molecule has 0 saturated heterocycles. The van der Waals surface area contributed by atoms with Gasteiger partial charge in [0, 0.05) is 18.8 Å². The highest BCUT2D eigenvalue weighted by molar-refractivity contribution is 5.41. The fourth-order valence-electron chi connectivity index (χ4n) is 2.11.